The molecule has 0 aromatic heterocycles. The molecule has 0 spiro atoms. The molecule has 3 rings (SSSR count). The van der Waals surface area contributed by atoms with Gasteiger partial charge in [0.1, 0.15) is 0 Å². The average molecular weight is 252 g/mol. The molecular formula is C11H12N2O5. The molecule has 0 radical (unpaired) electrons. The van der Waals surface area contributed by atoms with Crippen LogP contribution in [0.4, 0.5) is 5.69 Å². The van der Waals surface area contributed by atoms with E-state index in [9.17, 15) is 10.1 Å². The van der Waals surface area contributed by atoms with Gasteiger partial charge in [-0.3, -0.25) is 10.1 Å². The molecule has 1 aromatic carbocycles. The monoisotopic (exact) mass is 252 g/mol. The number of benzene rings is 1. The van der Waals surface area contributed by atoms with Crippen molar-refractivity contribution < 1.29 is 19.1 Å². The van der Waals surface area contributed by atoms with Gasteiger partial charge in [-0.25, -0.2) is 0 Å². The third-order valence-corrected chi connectivity index (χ3v) is 3.00. The van der Waals surface area contributed by atoms with Gasteiger partial charge < -0.3 is 19.5 Å². The van der Waals surface area contributed by atoms with Gasteiger partial charge in [-0.05, 0) is 11.6 Å². The zero-order valence-electron chi connectivity index (χ0n) is 9.55. The molecule has 0 saturated carbocycles. The van der Waals surface area contributed by atoms with Gasteiger partial charge in [0.15, 0.2) is 5.75 Å². The summed E-state index contributed by atoms with van der Waals surface area (Å²) >= 11 is 0. The molecule has 0 amide bonds. The van der Waals surface area contributed by atoms with E-state index >= 15 is 0 Å². The first-order valence-corrected chi connectivity index (χ1v) is 5.65. The number of fused-ring (bicyclic) bond motifs is 1. The van der Waals surface area contributed by atoms with Crippen LogP contribution < -0.4 is 14.8 Å². The molecule has 1 unspecified atom stereocenters. The van der Waals surface area contributed by atoms with Crippen LogP contribution in [-0.4, -0.2) is 31.5 Å². The maximum atomic E-state index is 11.0. The molecule has 1 atom stereocenters. The minimum atomic E-state index is -0.458. The molecule has 2 aliphatic rings. The highest BCUT2D eigenvalue weighted by atomic mass is 16.7. The van der Waals surface area contributed by atoms with Crippen molar-refractivity contribution in [1.29, 1.82) is 0 Å². The Labute approximate surface area is 103 Å². The summed E-state index contributed by atoms with van der Waals surface area (Å²) in [7, 11) is 0. The molecule has 2 heterocycles. The van der Waals surface area contributed by atoms with Gasteiger partial charge in [-0.1, -0.05) is 0 Å². The number of nitrogens with one attached hydrogen (secondary N) is 1. The first-order chi connectivity index (χ1) is 8.75. The number of rotatable bonds is 2. The molecule has 1 saturated heterocycles. The zero-order valence-corrected chi connectivity index (χ0v) is 9.55. The molecule has 1 fully saturated rings. The number of hydrogen-bond acceptors (Lipinski definition) is 6. The van der Waals surface area contributed by atoms with Crippen LogP contribution in [0, 0.1) is 10.1 Å². The number of nitrogens with zero attached hydrogens (tertiary/aromatic N) is 1. The van der Waals surface area contributed by atoms with Crippen molar-refractivity contribution in [2.45, 2.75) is 6.04 Å². The fraction of sp³-hybridized carbons (Fsp3) is 0.455. The summed E-state index contributed by atoms with van der Waals surface area (Å²) in [5.41, 5.74) is 0.720. The van der Waals surface area contributed by atoms with Crippen molar-refractivity contribution >= 4 is 5.69 Å². The topological polar surface area (TPSA) is 82.9 Å². The summed E-state index contributed by atoms with van der Waals surface area (Å²) in [6.45, 7) is 1.90. The van der Waals surface area contributed by atoms with Gasteiger partial charge in [0.05, 0.1) is 24.2 Å². The summed E-state index contributed by atoms with van der Waals surface area (Å²) in [6.07, 6.45) is 0. The van der Waals surface area contributed by atoms with E-state index < -0.39 is 4.92 Å². The van der Waals surface area contributed by atoms with E-state index in [0.717, 1.165) is 12.1 Å². The normalized spacial score (nSPS) is 21.9. The Bertz CT molecular complexity index is 485. The highest BCUT2D eigenvalue weighted by molar-refractivity contribution is 5.59. The van der Waals surface area contributed by atoms with E-state index in [1.165, 1.54) is 6.07 Å². The number of morpholine rings is 1. The van der Waals surface area contributed by atoms with Gasteiger partial charge in [-0.15, -0.1) is 0 Å². The highest BCUT2D eigenvalue weighted by Gasteiger charge is 2.29. The molecular weight excluding hydrogens is 240 g/mol. The summed E-state index contributed by atoms with van der Waals surface area (Å²) < 4.78 is 15.7. The van der Waals surface area contributed by atoms with Gasteiger partial charge in [-0.2, -0.15) is 0 Å². The van der Waals surface area contributed by atoms with Gasteiger partial charge in [0, 0.05) is 12.6 Å². The van der Waals surface area contributed by atoms with Crippen LogP contribution in [0.3, 0.4) is 0 Å². The number of nitro benzene ring substituents is 1. The quantitative estimate of drug-likeness (QED) is 0.624. The Morgan fingerprint density at radius 3 is 3.00 bits per heavy atom. The molecule has 0 bridgehead atoms. The smallest absolute Gasteiger partial charge is 0.315 e. The maximum Gasteiger partial charge on any atom is 0.315 e. The molecule has 7 heteroatoms. The minimum Gasteiger partial charge on any atom is -0.453 e. The van der Waals surface area contributed by atoms with Gasteiger partial charge in [0.2, 0.25) is 12.5 Å². The average Bonchev–Trinajstić information content (AvgIpc) is 2.86. The predicted molar refractivity (Wildman–Crippen MR) is 60.8 cm³/mol. The van der Waals surface area contributed by atoms with E-state index in [0.29, 0.717) is 19.0 Å². The van der Waals surface area contributed by atoms with Crippen molar-refractivity contribution in [3.8, 4) is 11.5 Å². The SMILES string of the molecule is O=[N+]([O-])c1cc(C2COCCN2)cc2c1OCO2. The van der Waals surface area contributed by atoms with Crippen molar-refractivity contribution in [3.63, 3.8) is 0 Å². The standard InChI is InChI=1S/C11H12N2O5/c14-13(15)9-3-7(8-5-16-2-1-12-8)4-10-11(9)18-6-17-10/h3-4,8,12H,1-2,5-6H2. The molecule has 7 nitrogen and oxygen atoms in total. The lowest BCUT2D eigenvalue weighted by Gasteiger charge is -2.24. The third kappa shape index (κ3) is 1.87. The van der Waals surface area contributed by atoms with Crippen molar-refractivity contribution in [3.05, 3.63) is 27.8 Å². The Balaban J connectivity index is 2.00. The van der Waals surface area contributed by atoms with Crippen LogP contribution in [-0.2, 0) is 4.74 Å². The molecule has 2 aliphatic heterocycles. The van der Waals surface area contributed by atoms with Crippen LogP contribution in [0.2, 0.25) is 0 Å². The largest absolute Gasteiger partial charge is 0.453 e. The first-order valence-electron chi connectivity index (χ1n) is 5.65. The molecule has 1 aromatic rings. The summed E-state index contributed by atoms with van der Waals surface area (Å²) in [5.74, 6) is 0.632. The molecule has 1 N–H and O–H groups in total. The molecule has 0 aliphatic carbocycles. The Hall–Kier alpha value is -1.86. The highest BCUT2D eigenvalue weighted by Crippen LogP contribution is 2.42. The third-order valence-electron chi connectivity index (χ3n) is 3.00. The van der Waals surface area contributed by atoms with Crippen LogP contribution in [0.1, 0.15) is 11.6 Å². The second kappa shape index (κ2) is 4.43. The summed E-state index contributed by atoms with van der Waals surface area (Å²) in [6, 6.07) is 3.23. The predicted octanol–water partition coefficient (Wildman–Crippen LogP) is 0.984. The fourth-order valence-electron chi connectivity index (χ4n) is 2.13. The van der Waals surface area contributed by atoms with E-state index in [2.05, 4.69) is 5.32 Å². The van der Waals surface area contributed by atoms with Crippen LogP contribution in [0.5, 0.6) is 11.5 Å². The van der Waals surface area contributed by atoms with Crippen LogP contribution in [0.25, 0.3) is 0 Å². The van der Waals surface area contributed by atoms with E-state index in [4.69, 9.17) is 14.2 Å². The van der Waals surface area contributed by atoms with E-state index in [1.54, 1.807) is 6.07 Å². The lowest BCUT2D eigenvalue weighted by molar-refractivity contribution is -0.385. The Morgan fingerprint density at radius 1 is 1.39 bits per heavy atom. The van der Waals surface area contributed by atoms with E-state index in [1.807, 2.05) is 0 Å². The maximum absolute atomic E-state index is 11.0. The minimum absolute atomic E-state index is 0.0220. The number of nitro groups is 1. The summed E-state index contributed by atoms with van der Waals surface area (Å²) in [4.78, 5) is 10.6. The number of ether oxygens (including phenoxy) is 3. The van der Waals surface area contributed by atoms with Crippen molar-refractivity contribution in [2.24, 2.45) is 0 Å². The molecule has 96 valence electrons. The zero-order chi connectivity index (χ0) is 12.5. The van der Waals surface area contributed by atoms with Crippen molar-refractivity contribution in [2.75, 3.05) is 26.6 Å². The lowest BCUT2D eigenvalue weighted by atomic mass is 10.0. The second-order valence-electron chi connectivity index (χ2n) is 4.11. The van der Waals surface area contributed by atoms with Crippen LogP contribution in [0.15, 0.2) is 12.1 Å². The van der Waals surface area contributed by atoms with Gasteiger partial charge >= 0.3 is 5.69 Å². The van der Waals surface area contributed by atoms with Gasteiger partial charge in [0.25, 0.3) is 0 Å². The fourth-order valence-corrected chi connectivity index (χ4v) is 2.13. The number of hydrogen-bond donors (Lipinski definition) is 1. The Morgan fingerprint density at radius 2 is 2.28 bits per heavy atom. The van der Waals surface area contributed by atoms with Crippen molar-refractivity contribution in [1.82, 2.24) is 5.32 Å². The van der Waals surface area contributed by atoms with Crippen LogP contribution >= 0.6 is 0 Å². The van der Waals surface area contributed by atoms with E-state index in [-0.39, 0.29) is 24.3 Å². The lowest BCUT2D eigenvalue weighted by Crippen LogP contribution is -2.34. The summed E-state index contributed by atoms with van der Waals surface area (Å²) in [5, 5.41) is 14.3. The molecule has 18 heavy (non-hydrogen) atoms. The first kappa shape index (κ1) is 11.2. The second-order valence-corrected chi connectivity index (χ2v) is 4.11. The Kier molecular flexibility index (Phi) is 2.77.